The molecule has 0 saturated heterocycles. The average molecular weight is 324 g/mol. The van der Waals surface area contributed by atoms with E-state index in [0.29, 0.717) is 12.8 Å². The number of aliphatic hydroxyl groups excluding tert-OH is 1. The quantitative estimate of drug-likeness (QED) is 0.450. The Hall–Kier alpha value is -1.75. The lowest BCUT2D eigenvalue weighted by atomic mass is 10.0. The van der Waals surface area contributed by atoms with E-state index in [1.807, 2.05) is 0 Å². The van der Waals surface area contributed by atoms with Gasteiger partial charge in [0.25, 0.3) is 0 Å². The van der Waals surface area contributed by atoms with Crippen molar-refractivity contribution in [3.63, 3.8) is 0 Å². The number of ether oxygens (including phenoxy) is 1. The van der Waals surface area contributed by atoms with E-state index in [0.717, 1.165) is 38.2 Å². The van der Waals surface area contributed by atoms with Gasteiger partial charge in [-0.05, 0) is 44.7 Å². The van der Waals surface area contributed by atoms with Gasteiger partial charge < -0.3 is 20.1 Å². The lowest BCUT2D eigenvalue weighted by Gasteiger charge is -2.15. The Labute approximate surface area is 137 Å². The first-order chi connectivity index (χ1) is 10.9. The summed E-state index contributed by atoms with van der Waals surface area (Å²) in [5.74, 6) is -1.02. The summed E-state index contributed by atoms with van der Waals surface area (Å²) >= 11 is 0. The van der Waals surface area contributed by atoms with Crippen LogP contribution in [-0.2, 0) is 4.74 Å². The molecule has 0 aliphatic carbocycles. The van der Waals surface area contributed by atoms with Gasteiger partial charge in [-0.2, -0.15) is 0 Å². The monoisotopic (exact) mass is 324 g/mol. The second-order valence-electron chi connectivity index (χ2n) is 6.00. The van der Waals surface area contributed by atoms with Crippen molar-refractivity contribution in [1.29, 1.82) is 0 Å². The van der Waals surface area contributed by atoms with E-state index in [9.17, 15) is 20.1 Å². The van der Waals surface area contributed by atoms with Crippen LogP contribution in [0.25, 0.3) is 0 Å². The molecule has 0 aliphatic heterocycles. The fourth-order valence-electron chi connectivity index (χ4n) is 2.41. The molecule has 0 aromatic heterocycles. The first-order valence-corrected chi connectivity index (χ1v) is 8.35. The molecule has 0 spiro atoms. The summed E-state index contributed by atoms with van der Waals surface area (Å²) in [5, 5.41) is 28.7. The first-order valence-electron chi connectivity index (χ1n) is 8.35. The molecule has 0 aliphatic rings. The van der Waals surface area contributed by atoms with E-state index in [1.54, 1.807) is 6.92 Å². The van der Waals surface area contributed by atoms with Crippen LogP contribution in [0.2, 0.25) is 0 Å². The summed E-state index contributed by atoms with van der Waals surface area (Å²) in [7, 11) is 0. The van der Waals surface area contributed by atoms with Crippen LogP contribution in [0.5, 0.6) is 11.5 Å². The van der Waals surface area contributed by atoms with Crippen LogP contribution in [0.15, 0.2) is 18.2 Å². The van der Waals surface area contributed by atoms with Gasteiger partial charge in [0.05, 0.1) is 12.2 Å². The molecule has 0 amide bonds. The molecule has 0 radical (unpaired) electrons. The molecule has 23 heavy (non-hydrogen) atoms. The van der Waals surface area contributed by atoms with E-state index in [-0.39, 0.29) is 29.3 Å². The van der Waals surface area contributed by atoms with Gasteiger partial charge in [-0.3, -0.25) is 0 Å². The fraction of sp³-hybridized carbons (Fsp3) is 0.611. The Bertz CT molecular complexity index is 486. The van der Waals surface area contributed by atoms with Gasteiger partial charge >= 0.3 is 5.97 Å². The number of carbonyl (C=O) groups is 1. The van der Waals surface area contributed by atoms with Crippen LogP contribution in [0, 0.1) is 0 Å². The average Bonchev–Trinajstić information content (AvgIpc) is 2.47. The topological polar surface area (TPSA) is 87.0 Å². The number of hydrogen-bond acceptors (Lipinski definition) is 5. The number of esters is 1. The van der Waals surface area contributed by atoms with Gasteiger partial charge in [0.2, 0.25) is 0 Å². The Morgan fingerprint density at radius 1 is 1.13 bits per heavy atom. The van der Waals surface area contributed by atoms with Crippen molar-refractivity contribution in [2.45, 2.75) is 71.0 Å². The third-order valence-corrected chi connectivity index (χ3v) is 3.80. The second-order valence-corrected chi connectivity index (χ2v) is 6.00. The number of unbranched alkanes of at least 4 members (excludes halogenated alkanes) is 2. The summed E-state index contributed by atoms with van der Waals surface area (Å²) in [6, 6.07) is 3.76. The molecule has 130 valence electrons. The van der Waals surface area contributed by atoms with E-state index in [1.165, 1.54) is 12.1 Å². The Kier molecular flexibility index (Phi) is 8.48. The maximum atomic E-state index is 11.9. The number of rotatable bonds is 10. The summed E-state index contributed by atoms with van der Waals surface area (Å²) in [5.41, 5.74) is 0.0363. The van der Waals surface area contributed by atoms with Crippen LogP contribution < -0.4 is 0 Å². The highest BCUT2D eigenvalue weighted by Gasteiger charge is 2.16. The van der Waals surface area contributed by atoms with Gasteiger partial charge in [-0.25, -0.2) is 4.79 Å². The van der Waals surface area contributed by atoms with Crippen molar-refractivity contribution in [3.05, 3.63) is 23.8 Å². The van der Waals surface area contributed by atoms with Crippen LogP contribution in [0.3, 0.4) is 0 Å². The molecular weight excluding hydrogens is 296 g/mol. The third kappa shape index (κ3) is 7.37. The molecule has 5 heteroatoms. The lowest BCUT2D eigenvalue weighted by molar-refractivity contribution is 0.0307. The number of carbonyl (C=O) groups excluding carboxylic acids is 1. The van der Waals surface area contributed by atoms with Crippen molar-refractivity contribution in [1.82, 2.24) is 0 Å². The zero-order chi connectivity index (χ0) is 17.2. The number of hydrogen-bond donors (Lipinski definition) is 3. The minimum absolute atomic E-state index is 0.0363. The maximum absolute atomic E-state index is 11.9. The highest BCUT2D eigenvalue weighted by molar-refractivity contribution is 5.92. The molecule has 1 aromatic carbocycles. The van der Waals surface area contributed by atoms with E-state index >= 15 is 0 Å². The van der Waals surface area contributed by atoms with Gasteiger partial charge in [0.1, 0.15) is 17.1 Å². The predicted molar refractivity (Wildman–Crippen MR) is 88.6 cm³/mol. The number of aliphatic hydroxyl groups is 1. The standard InChI is InChI=1S/C18H28O5/c1-3-4-5-8-14(19)9-6-7-13(2)23-18(22)16-11-10-15(20)12-17(16)21/h10-14,19-21H,3-9H2,1-2H3/t13-,14+/m0/s1. The summed E-state index contributed by atoms with van der Waals surface area (Å²) < 4.78 is 5.28. The third-order valence-electron chi connectivity index (χ3n) is 3.80. The zero-order valence-corrected chi connectivity index (χ0v) is 14.0. The van der Waals surface area contributed by atoms with Crippen LogP contribution in [-0.4, -0.2) is 33.5 Å². The van der Waals surface area contributed by atoms with Gasteiger partial charge in [-0.15, -0.1) is 0 Å². The normalized spacial score (nSPS) is 13.5. The molecule has 0 fully saturated rings. The number of phenols is 2. The van der Waals surface area contributed by atoms with Gasteiger partial charge in [0, 0.05) is 6.07 Å². The molecule has 3 N–H and O–H groups in total. The zero-order valence-electron chi connectivity index (χ0n) is 14.0. The predicted octanol–water partition coefficient (Wildman–Crippen LogP) is 3.75. The van der Waals surface area contributed by atoms with E-state index in [4.69, 9.17) is 4.74 Å². The highest BCUT2D eigenvalue weighted by atomic mass is 16.5. The van der Waals surface area contributed by atoms with E-state index in [2.05, 4.69) is 6.92 Å². The Balaban J connectivity index is 2.30. The smallest absolute Gasteiger partial charge is 0.342 e. The summed E-state index contributed by atoms with van der Waals surface area (Å²) in [6.07, 6.45) is 5.72. The molecule has 5 nitrogen and oxygen atoms in total. The van der Waals surface area contributed by atoms with Gasteiger partial charge in [-0.1, -0.05) is 26.2 Å². The van der Waals surface area contributed by atoms with Crippen molar-refractivity contribution < 1.29 is 24.9 Å². The van der Waals surface area contributed by atoms with Crippen LogP contribution in [0.1, 0.15) is 69.2 Å². The number of benzene rings is 1. The molecule has 1 aromatic rings. The maximum Gasteiger partial charge on any atom is 0.342 e. The Morgan fingerprint density at radius 3 is 2.48 bits per heavy atom. The minimum atomic E-state index is -0.613. The van der Waals surface area contributed by atoms with Crippen molar-refractivity contribution in [2.75, 3.05) is 0 Å². The summed E-state index contributed by atoms with van der Waals surface area (Å²) in [4.78, 5) is 11.9. The molecule has 1 rings (SSSR count). The summed E-state index contributed by atoms with van der Waals surface area (Å²) in [6.45, 7) is 3.92. The Morgan fingerprint density at radius 2 is 1.83 bits per heavy atom. The van der Waals surface area contributed by atoms with Crippen molar-refractivity contribution in [3.8, 4) is 11.5 Å². The van der Waals surface area contributed by atoms with Crippen LogP contribution in [0.4, 0.5) is 0 Å². The minimum Gasteiger partial charge on any atom is -0.508 e. The molecule has 0 unspecified atom stereocenters. The molecular formula is C18H28O5. The van der Waals surface area contributed by atoms with Crippen molar-refractivity contribution in [2.24, 2.45) is 0 Å². The SMILES string of the molecule is CCCCC[C@@H](O)CCC[C@H](C)OC(=O)c1ccc(O)cc1O. The second kappa shape index (κ2) is 10.1. The lowest BCUT2D eigenvalue weighted by Crippen LogP contribution is -2.16. The van der Waals surface area contributed by atoms with Crippen molar-refractivity contribution >= 4 is 5.97 Å². The van der Waals surface area contributed by atoms with E-state index < -0.39 is 5.97 Å². The van der Waals surface area contributed by atoms with Crippen LogP contribution >= 0.6 is 0 Å². The molecule has 0 bridgehead atoms. The molecule has 0 saturated carbocycles. The fourth-order valence-corrected chi connectivity index (χ4v) is 2.41. The number of phenolic OH excluding ortho intramolecular Hbond substituents is 2. The molecule has 2 atom stereocenters. The first kappa shape index (κ1) is 19.3. The van der Waals surface area contributed by atoms with Gasteiger partial charge in [0.15, 0.2) is 0 Å². The number of aromatic hydroxyl groups is 2. The highest BCUT2D eigenvalue weighted by Crippen LogP contribution is 2.24. The molecule has 0 heterocycles. The largest absolute Gasteiger partial charge is 0.508 e.